The number of aromatic nitrogens is 2. The highest BCUT2D eigenvalue weighted by atomic mass is 79.9. The van der Waals surface area contributed by atoms with Gasteiger partial charge in [0, 0.05) is 11.0 Å². The van der Waals surface area contributed by atoms with E-state index in [1.807, 2.05) is 24.3 Å². The predicted molar refractivity (Wildman–Crippen MR) is 90.0 cm³/mol. The van der Waals surface area contributed by atoms with Gasteiger partial charge in [0.2, 0.25) is 5.89 Å². The second-order valence-electron chi connectivity index (χ2n) is 4.48. The lowest BCUT2D eigenvalue weighted by Crippen LogP contribution is -2.28. The number of nitrogens with two attached hydrogens (primary N) is 1. The highest BCUT2D eigenvalue weighted by Crippen LogP contribution is 2.16. The molecule has 0 bridgehead atoms. The van der Waals surface area contributed by atoms with Gasteiger partial charge in [-0.1, -0.05) is 28.0 Å². The molecule has 0 fully saturated rings. The SMILES string of the molecule is CCN(CCOc1ccc(Br)cc1)Cc1noc(CN)n1.Cl. The monoisotopic (exact) mass is 390 g/mol. The number of ether oxygens (including phenoxy) is 1. The lowest BCUT2D eigenvalue weighted by molar-refractivity contribution is 0.204. The number of likely N-dealkylation sites (N-methyl/N-ethyl adjacent to an activating group) is 1. The molecule has 0 amide bonds. The fourth-order valence-corrected chi connectivity index (χ4v) is 2.07. The maximum Gasteiger partial charge on any atom is 0.240 e. The van der Waals surface area contributed by atoms with Crippen molar-refractivity contribution >= 4 is 28.3 Å². The van der Waals surface area contributed by atoms with Crippen LogP contribution in [0.15, 0.2) is 33.3 Å². The van der Waals surface area contributed by atoms with E-state index >= 15 is 0 Å². The van der Waals surface area contributed by atoms with Crippen molar-refractivity contribution in [2.45, 2.75) is 20.0 Å². The molecule has 0 saturated heterocycles. The van der Waals surface area contributed by atoms with Gasteiger partial charge in [-0.2, -0.15) is 4.98 Å². The van der Waals surface area contributed by atoms with Gasteiger partial charge in [-0.05, 0) is 30.8 Å². The molecule has 8 heteroatoms. The summed E-state index contributed by atoms with van der Waals surface area (Å²) in [5, 5.41) is 3.90. The average Bonchev–Trinajstić information content (AvgIpc) is 2.96. The molecule has 6 nitrogen and oxygen atoms in total. The smallest absolute Gasteiger partial charge is 0.240 e. The fraction of sp³-hybridized carbons (Fsp3) is 0.429. The quantitative estimate of drug-likeness (QED) is 0.745. The van der Waals surface area contributed by atoms with Crippen LogP contribution in [0.5, 0.6) is 5.75 Å². The van der Waals surface area contributed by atoms with Gasteiger partial charge in [-0.15, -0.1) is 12.4 Å². The van der Waals surface area contributed by atoms with Crippen LogP contribution in [0.2, 0.25) is 0 Å². The van der Waals surface area contributed by atoms with Crippen molar-refractivity contribution in [1.29, 1.82) is 0 Å². The van der Waals surface area contributed by atoms with Gasteiger partial charge in [-0.25, -0.2) is 0 Å². The van der Waals surface area contributed by atoms with E-state index in [9.17, 15) is 0 Å². The molecule has 1 aromatic heterocycles. The van der Waals surface area contributed by atoms with Crippen LogP contribution in [-0.4, -0.2) is 34.7 Å². The Hall–Kier alpha value is -1.15. The molecule has 122 valence electrons. The van der Waals surface area contributed by atoms with Crippen LogP contribution >= 0.6 is 28.3 Å². The van der Waals surface area contributed by atoms with E-state index in [1.54, 1.807) is 0 Å². The highest BCUT2D eigenvalue weighted by molar-refractivity contribution is 9.10. The third kappa shape index (κ3) is 5.92. The van der Waals surface area contributed by atoms with Crippen LogP contribution in [0.25, 0.3) is 0 Å². The average molecular weight is 392 g/mol. The van der Waals surface area contributed by atoms with Crippen LogP contribution in [0, 0.1) is 0 Å². The second-order valence-corrected chi connectivity index (χ2v) is 5.40. The summed E-state index contributed by atoms with van der Waals surface area (Å²) in [5.41, 5.74) is 5.45. The van der Waals surface area contributed by atoms with Crippen LogP contribution in [0.1, 0.15) is 18.6 Å². The van der Waals surface area contributed by atoms with E-state index < -0.39 is 0 Å². The summed E-state index contributed by atoms with van der Waals surface area (Å²) in [6, 6.07) is 7.79. The Labute approximate surface area is 144 Å². The lowest BCUT2D eigenvalue weighted by atomic mass is 10.3. The Morgan fingerprint density at radius 3 is 2.64 bits per heavy atom. The summed E-state index contributed by atoms with van der Waals surface area (Å²) < 4.78 is 11.7. The number of hydrogen-bond acceptors (Lipinski definition) is 6. The molecule has 0 radical (unpaired) electrons. The molecule has 0 aliphatic rings. The summed E-state index contributed by atoms with van der Waals surface area (Å²) in [7, 11) is 0. The highest BCUT2D eigenvalue weighted by Gasteiger charge is 2.10. The Kier molecular flexibility index (Phi) is 8.40. The van der Waals surface area contributed by atoms with Gasteiger partial charge in [-0.3, -0.25) is 4.90 Å². The molecule has 0 aliphatic heterocycles. The number of hydrogen-bond donors (Lipinski definition) is 1. The number of nitrogens with zero attached hydrogens (tertiary/aromatic N) is 3. The van der Waals surface area contributed by atoms with E-state index in [0.717, 1.165) is 23.3 Å². The van der Waals surface area contributed by atoms with E-state index in [4.69, 9.17) is 15.0 Å². The first-order valence-electron chi connectivity index (χ1n) is 6.83. The van der Waals surface area contributed by atoms with Gasteiger partial charge in [0.25, 0.3) is 0 Å². The Balaban J connectivity index is 0.00000242. The molecular formula is C14H20BrClN4O2. The zero-order valence-electron chi connectivity index (χ0n) is 12.4. The number of rotatable bonds is 8. The molecule has 0 spiro atoms. The van der Waals surface area contributed by atoms with Crippen molar-refractivity contribution in [2.24, 2.45) is 5.73 Å². The van der Waals surface area contributed by atoms with Crippen molar-refractivity contribution in [3.05, 3.63) is 40.5 Å². The van der Waals surface area contributed by atoms with Gasteiger partial charge >= 0.3 is 0 Å². The molecule has 0 saturated carbocycles. The molecule has 2 rings (SSSR count). The van der Waals surface area contributed by atoms with E-state index in [-0.39, 0.29) is 19.0 Å². The fourth-order valence-electron chi connectivity index (χ4n) is 1.81. The molecular weight excluding hydrogens is 372 g/mol. The maximum atomic E-state index is 5.71. The molecule has 2 N–H and O–H groups in total. The summed E-state index contributed by atoms with van der Waals surface area (Å²) in [4.78, 5) is 6.39. The van der Waals surface area contributed by atoms with Crippen molar-refractivity contribution in [3.8, 4) is 5.75 Å². The van der Waals surface area contributed by atoms with Crippen LogP contribution in [0.4, 0.5) is 0 Å². The van der Waals surface area contributed by atoms with E-state index in [1.165, 1.54) is 0 Å². The Morgan fingerprint density at radius 2 is 2.05 bits per heavy atom. The summed E-state index contributed by atoms with van der Waals surface area (Å²) in [6.45, 7) is 5.27. The van der Waals surface area contributed by atoms with Crippen molar-refractivity contribution < 1.29 is 9.26 Å². The van der Waals surface area contributed by atoms with Crippen molar-refractivity contribution in [1.82, 2.24) is 15.0 Å². The minimum absolute atomic E-state index is 0. The first kappa shape index (κ1) is 18.9. The zero-order chi connectivity index (χ0) is 15.1. The Morgan fingerprint density at radius 1 is 1.32 bits per heavy atom. The van der Waals surface area contributed by atoms with Gasteiger partial charge < -0.3 is 15.0 Å². The molecule has 22 heavy (non-hydrogen) atoms. The second kappa shape index (κ2) is 9.78. The minimum atomic E-state index is 0. The minimum Gasteiger partial charge on any atom is -0.492 e. The molecule has 2 aromatic rings. The standard InChI is InChI=1S/C14H19BrN4O2.ClH/c1-2-19(10-13-17-14(9-16)21-18-13)7-8-20-12-5-3-11(15)4-6-12;/h3-6H,2,7-10,16H2,1H3;1H. The molecule has 1 aromatic carbocycles. The third-order valence-electron chi connectivity index (χ3n) is 2.99. The third-order valence-corrected chi connectivity index (χ3v) is 3.52. The summed E-state index contributed by atoms with van der Waals surface area (Å²) in [6.07, 6.45) is 0. The van der Waals surface area contributed by atoms with E-state index in [0.29, 0.717) is 24.9 Å². The summed E-state index contributed by atoms with van der Waals surface area (Å²) >= 11 is 3.40. The molecule has 0 atom stereocenters. The predicted octanol–water partition coefficient (Wildman–Crippen LogP) is 2.61. The first-order valence-corrected chi connectivity index (χ1v) is 7.62. The summed E-state index contributed by atoms with van der Waals surface area (Å²) in [5.74, 6) is 1.98. The van der Waals surface area contributed by atoms with Crippen LogP contribution in [-0.2, 0) is 13.1 Å². The van der Waals surface area contributed by atoms with Crippen molar-refractivity contribution in [3.63, 3.8) is 0 Å². The number of halogens is 2. The Bertz CT molecular complexity index is 550. The van der Waals surface area contributed by atoms with Crippen molar-refractivity contribution in [2.75, 3.05) is 19.7 Å². The lowest BCUT2D eigenvalue weighted by Gasteiger charge is -2.18. The van der Waals surface area contributed by atoms with E-state index in [2.05, 4.69) is 37.9 Å². The molecule has 0 unspecified atom stereocenters. The molecule has 1 heterocycles. The largest absolute Gasteiger partial charge is 0.492 e. The van der Waals surface area contributed by atoms with Gasteiger partial charge in [0.15, 0.2) is 5.82 Å². The normalized spacial score (nSPS) is 10.5. The zero-order valence-corrected chi connectivity index (χ0v) is 14.8. The molecule has 0 aliphatic carbocycles. The maximum absolute atomic E-state index is 5.71. The van der Waals surface area contributed by atoms with Gasteiger partial charge in [0.05, 0.1) is 13.1 Å². The number of benzene rings is 1. The van der Waals surface area contributed by atoms with Crippen LogP contribution < -0.4 is 10.5 Å². The van der Waals surface area contributed by atoms with Gasteiger partial charge in [0.1, 0.15) is 12.4 Å². The van der Waals surface area contributed by atoms with Crippen LogP contribution in [0.3, 0.4) is 0 Å². The first-order chi connectivity index (χ1) is 10.2. The topological polar surface area (TPSA) is 77.4 Å².